The summed E-state index contributed by atoms with van der Waals surface area (Å²) in [7, 11) is 0. The molecule has 0 saturated carbocycles. The Bertz CT molecular complexity index is 387. The molecule has 4 heteroatoms. The molecule has 1 aromatic rings. The number of aliphatic hydroxyl groups excluding tert-OH is 1. The Kier molecular flexibility index (Phi) is 6.36. The van der Waals surface area contributed by atoms with Crippen LogP contribution >= 0.6 is 11.3 Å². The number of rotatable bonds is 7. The Labute approximate surface area is 113 Å². The third kappa shape index (κ3) is 5.19. The van der Waals surface area contributed by atoms with Crippen LogP contribution in [-0.4, -0.2) is 24.2 Å². The van der Waals surface area contributed by atoms with E-state index in [9.17, 15) is 4.79 Å². The topological polar surface area (TPSA) is 49.3 Å². The predicted octanol–water partition coefficient (Wildman–Crippen LogP) is 2.43. The summed E-state index contributed by atoms with van der Waals surface area (Å²) < 4.78 is 0. The third-order valence-corrected chi connectivity index (χ3v) is 3.96. The second kappa shape index (κ2) is 7.54. The molecule has 0 fully saturated rings. The van der Waals surface area contributed by atoms with Gasteiger partial charge in [0.05, 0.1) is 0 Å². The normalized spacial score (nSPS) is 12.4. The summed E-state index contributed by atoms with van der Waals surface area (Å²) in [6.45, 7) is 6.84. The summed E-state index contributed by atoms with van der Waals surface area (Å²) in [5.74, 6) is 0.218. The zero-order valence-electron chi connectivity index (χ0n) is 11.5. The number of aryl methyl sites for hydroxylation is 3. The van der Waals surface area contributed by atoms with E-state index in [0.717, 1.165) is 12.8 Å². The number of hydrogen-bond donors (Lipinski definition) is 2. The van der Waals surface area contributed by atoms with Crippen molar-refractivity contribution in [3.63, 3.8) is 0 Å². The minimum atomic E-state index is 0.0832. The number of carbonyl (C=O) groups excluding carboxylic acids is 1. The van der Waals surface area contributed by atoms with Crippen molar-refractivity contribution in [2.24, 2.45) is 5.92 Å². The SMILES string of the molecule is Cc1cc(CCCC(=O)NCC(C)CO)c(C)s1. The van der Waals surface area contributed by atoms with Crippen LogP contribution in [0.5, 0.6) is 0 Å². The molecule has 0 aliphatic heterocycles. The number of aliphatic hydroxyl groups is 1. The van der Waals surface area contributed by atoms with Crippen molar-refractivity contribution in [3.8, 4) is 0 Å². The lowest BCUT2D eigenvalue weighted by Gasteiger charge is -2.09. The van der Waals surface area contributed by atoms with E-state index < -0.39 is 0 Å². The lowest BCUT2D eigenvalue weighted by Crippen LogP contribution is -2.29. The van der Waals surface area contributed by atoms with E-state index in [1.807, 2.05) is 18.3 Å². The summed E-state index contributed by atoms with van der Waals surface area (Å²) in [6, 6.07) is 2.21. The van der Waals surface area contributed by atoms with Crippen LogP contribution in [0.25, 0.3) is 0 Å². The smallest absolute Gasteiger partial charge is 0.220 e. The van der Waals surface area contributed by atoms with Gasteiger partial charge in [-0.1, -0.05) is 6.92 Å². The molecule has 18 heavy (non-hydrogen) atoms. The van der Waals surface area contributed by atoms with Crippen LogP contribution in [-0.2, 0) is 11.2 Å². The van der Waals surface area contributed by atoms with Gasteiger partial charge in [-0.3, -0.25) is 4.79 Å². The molecular formula is C14H23NO2S. The fourth-order valence-corrected chi connectivity index (χ4v) is 2.79. The van der Waals surface area contributed by atoms with Crippen LogP contribution < -0.4 is 5.32 Å². The maximum Gasteiger partial charge on any atom is 0.220 e. The Hall–Kier alpha value is -0.870. The fraction of sp³-hybridized carbons (Fsp3) is 0.643. The number of thiophene rings is 1. The highest BCUT2D eigenvalue weighted by atomic mass is 32.1. The van der Waals surface area contributed by atoms with Gasteiger partial charge in [-0.25, -0.2) is 0 Å². The van der Waals surface area contributed by atoms with E-state index in [0.29, 0.717) is 13.0 Å². The van der Waals surface area contributed by atoms with Crippen LogP contribution in [0.2, 0.25) is 0 Å². The van der Waals surface area contributed by atoms with Crippen molar-refractivity contribution in [1.82, 2.24) is 5.32 Å². The molecule has 0 saturated heterocycles. The minimum Gasteiger partial charge on any atom is -0.396 e. The first kappa shape index (κ1) is 15.2. The predicted molar refractivity (Wildman–Crippen MR) is 76.0 cm³/mol. The van der Waals surface area contributed by atoms with Crippen molar-refractivity contribution >= 4 is 17.2 Å². The van der Waals surface area contributed by atoms with Gasteiger partial charge in [0, 0.05) is 29.3 Å². The van der Waals surface area contributed by atoms with E-state index in [2.05, 4.69) is 25.2 Å². The average molecular weight is 269 g/mol. The maximum atomic E-state index is 11.6. The molecule has 1 amide bonds. The van der Waals surface area contributed by atoms with Gasteiger partial charge < -0.3 is 10.4 Å². The van der Waals surface area contributed by atoms with Gasteiger partial charge in [-0.15, -0.1) is 11.3 Å². The Morgan fingerprint density at radius 2 is 2.22 bits per heavy atom. The van der Waals surface area contributed by atoms with Crippen LogP contribution in [0.15, 0.2) is 6.07 Å². The summed E-state index contributed by atoms with van der Waals surface area (Å²) >= 11 is 1.82. The molecule has 3 nitrogen and oxygen atoms in total. The number of nitrogens with one attached hydrogen (secondary N) is 1. The van der Waals surface area contributed by atoms with Crippen LogP contribution in [0.1, 0.15) is 35.1 Å². The molecule has 1 rings (SSSR count). The zero-order valence-corrected chi connectivity index (χ0v) is 12.3. The highest BCUT2D eigenvalue weighted by Crippen LogP contribution is 2.22. The van der Waals surface area contributed by atoms with Gasteiger partial charge in [-0.05, 0) is 44.2 Å². The van der Waals surface area contributed by atoms with E-state index >= 15 is 0 Å². The van der Waals surface area contributed by atoms with Crippen molar-refractivity contribution in [1.29, 1.82) is 0 Å². The first-order chi connectivity index (χ1) is 8.52. The maximum absolute atomic E-state index is 11.6. The molecule has 1 heterocycles. The molecule has 0 aliphatic rings. The average Bonchev–Trinajstić information content (AvgIpc) is 2.65. The van der Waals surface area contributed by atoms with Crippen molar-refractivity contribution < 1.29 is 9.90 Å². The molecule has 1 atom stereocenters. The lowest BCUT2D eigenvalue weighted by molar-refractivity contribution is -0.121. The molecule has 2 N–H and O–H groups in total. The zero-order chi connectivity index (χ0) is 13.5. The van der Waals surface area contributed by atoms with Gasteiger partial charge >= 0.3 is 0 Å². The van der Waals surface area contributed by atoms with E-state index in [1.165, 1.54) is 15.3 Å². The molecule has 0 spiro atoms. The first-order valence-corrected chi connectivity index (χ1v) is 7.28. The summed E-state index contributed by atoms with van der Waals surface area (Å²) in [6.07, 6.45) is 2.42. The highest BCUT2D eigenvalue weighted by molar-refractivity contribution is 7.12. The molecular weight excluding hydrogens is 246 g/mol. The van der Waals surface area contributed by atoms with Crippen molar-refractivity contribution in [2.45, 2.75) is 40.0 Å². The van der Waals surface area contributed by atoms with E-state index in [-0.39, 0.29) is 18.4 Å². The molecule has 0 aliphatic carbocycles. The summed E-state index contributed by atoms with van der Waals surface area (Å²) in [5, 5.41) is 11.7. The molecule has 1 aromatic heterocycles. The lowest BCUT2D eigenvalue weighted by atomic mass is 10.1. The Morgan fingerprint density at radius 3 is 2.78 bits per heavy atom. The van der Waals surface area contributed by atoms with Crippen molar-refractivity contribution in [2.75, 3.05) is 13.2 Å². The van der Waals surface area contributed by atoms with Gasteiger partial charge in [0.15, 0.2) is 0 Å². The molecule has 0 bridgehead atoms. The van der Waals surface area contributed by atoms with Crippen LogP contribution in [0.4, 0.5) is 0 Å². The Balaban J connectivity index is 2.21. The summed E-state index contributed by atoms with van der Waals surface area (Å²) in [5.41, 5.74) is 1.37. The minimum absolute atomic E-state index is 0.0832. The largest absolute Gasteiger partial charge is 0.396 e. The third-order valence-electron chi connectivity index (χ3n) is 2.95. The van der Waals surface area contributed by atoms with Crippen LogP contribution in [0.3, 0.4) is 0 Å². The quantitative estimate of drug-likeness (QED) is 0.798. The second-order valence-corrected chi connectivity index (χ2v) is 6.34. The van der Waals surface area contributed by atoms with E-state index in [1.54, 1.807) is 0 Å². The monoisotopic (exact) mass is 269 g/mol. The van der Waals surface area contributed by atoms with Gasteiger partial charge in [-0.2, -0.15) is 0 Å². The van der Waals surface area contributed by atoms with Gasteiger partial charge in [0.1, 0.15) is 0 Å². The van der Waals surface area contributed by atoms with Gasteiger partial charge in [0.25, 0.3) is 0 Å². The number of hydrogen-bond acceptors (Lipinski definition) is 3. The molecule has 1 unspecified atom stereocenters. The van der Waals surface area contributed by atoms with Gasteiger partial charge in [0.2, 0.25) is 5.91 Å². The first-order valence-electron chi connectivity index (χ1n) is 6.46. The highest BCUT2D eigenvalue weighted by Gasteiger charge is 2.06. The molecule has 0 radical (unpaired) electrons. The fourth-order valence-electron chi connectivity index (χ4n) is 1.81. The number of amides is 1. The summed E-state index contributed by atoms with van der Waals surface area (Å²) in [4.78, 5) is 14.3. The van der Waals surface area contributed by atoms with Crippen LogP contribution in [0, 0.1) is 19.8 Å². The Morgan fingerprint density at radius 1 is 1.50 bits per heavy atom. The van der Waals surface area contributed by atoms with Crippen molar-refractivity contribution in [3.05, 3.63) is 21.4 Å². The second-order valence-electron chi connectivity index (χ2n) is 4.88. The standard InChI is InChI=1S/C14H23NO2S/c1-10(9-16)8-15-14(17)6-4-5-13-7-11(2)18-12(13)3/h7,10,16H,4-6,8-9H2,1-3H3,(H,15,17). The van der Waals surface area contributed by atoms with E-state index in [4.69, 9.17) is 5.11 Å². The number of carbonyl (C=O) groups is 1. The molecule has 0 aromatic carbocycles. The molecule has 102 valence electrons.